The molecular weight excluding hydrogens is 276 g/mol. The van der Waals surface area contributed by atoms with Gasteiger partial charge in [-0.3, -0.25) is 0 Å². The Bertz CT molecular complexity index is 808. The van der Waals surface area contributed by atoms with Gasteiger partial charge in [0.1, 0.15) is 5.75 Å². The number of ether oxygens (including phenoxy) is 1. The van der Waals surface area contributed by atoms with E-state index < -0.39 is 11.6 Å². The van der Waals surface area contributed by atoms with Gasteiger partial charge in [-0.25, -0.2) is 13.8 Å². The normalized spacial score (nSPS) is 10.6. The Balaban J connectivity index is 2.08. The van der Waals surface area contributed by atoms with Crippen LogP contribution in [0.25, 0.3) is 10.9 Å². The van der Waals surface area contributed by atoms with E-state index >= 15 is 0 Å². The molecule has 0 aliphatic rings. The zero-order valence-electron chi connectivity index (χ0n) is 11.1. The van der Waals surface area contributed by atoms with Gasteiger partial charge in [-0.1, -0.05) is 12.1 Å². The van der Waals surface area contributed by atoms with Crippen molar-refractivity contribution >= 4 is 16.9 Å². The molecule has 0 amide bonds. The Morgan fingerprint density at radius 2 is 1.81 bits per heavy atom. The van der Waals surface area contributed by atoms with Gasteiger partial charge >= 0.3 is 0 Å². The standard InChI is InChI=1S/C15H11F2N3O/c1-18-15-19-13-5-3-2-4-10(13)14(20-15)21-9-6-7-11(16)12(17)8-9/h2-8H,1H3,(H,18,19,20). The van der Waals surface area contributed by atoms with Gasteiger partial charge in [-0.05, 0) is 24.3 Å². The second-order valence-electron chi connectivity index (χ2n) is 4.30. The molecule has 0 unspecified atom stereocenters. The van der Waals surface area contributed by atoms with Crippen molar-refractivity contribution < 1.29 is 13.5 Å². The number of nitrogens with one attached hydrogen (secondary N) is 1. The lowest BCUT2D eigenvalue weighted by molar-refractivity contribution is 0.452. The maximum absolute atomic E-state index is 13.2. The fourth-order valence-corrected chi connectivity index (χ4v) is 1.89. The van der Waals surface area contributed by atoms with Crippen molar-refractivity contribution in [3.63, 3.8) is 0 Å². The molecule has 1 heterocycles. The molecule has 0 aliphatic carbocycles. The topological polar surface area (TPSA) is 47.0 Å². The summed E-state index contributed by atoms with van der Waals surface area (Å²) in [7, 11) is 1.69. The number of para-hydroxylation sites is 1. The first kappa shape index (κ1) is 13.2. The number of nitrogens with zero attached hydrogens (tertiary/aromatic N) is 2. The van der Waals surface area contributed by atoms with Crippen LogP contribution in [-0.4, -0.2) is 17.0 Å². The molecular formula is C15H11F2N3O. The Morgan fingerprint density at radius 1 is 1.00 bits per heavy atom. The van der Waals surface area contributed by atoms with Gasteiger partial charge in [0.25, 0.3) is 0 Å². The fourth-order valence-electron chi connectivity index (χ4n) is 1.89. The minimum absolute atomic E-state index is 0.166. The average molecular weight is 287 g/mol. The number of aromatic nitrogens is 2. The van der Waals surface area contributed by atoms with E-state index in [-0.39, 0.29) is 11.6 Å². The van der Waals surface area contributed by atoms with Gasteiger partial charge in [0.15, 0.2) is 11.6 Å². The quantitative estimate of drug-likeness (QED) is 0.797. The Hall–Kier alpha value is -2.76. The molecule has 4 nitrogen and oxygen atoms in total. The molecule has 0 bridgehead atoms. The number of halogens is 2. The summed E-state index contributed by atoms with van der Waals surface area (Å²) >= 11 is 0. The van der Waals surface area contributed by atoms with Crippen molar-refractivity contribution in [2.75, 3.05) is 12.4 Å². The van der Waals surface area contributed by atoms with E-state index in [4.69, 9.17) is 4.74 Å². The molecule has 6 heteroatoms. The van der Waals surface area contributed by atoms with Gasteiger partial charge in [-0.15, -0.1) is 0 Å². The van der Waals surface area contributed by atoms with Crippen molar-refractivity contribution in [3.05, 3.63) is 54.1 Å². The summed E-state index contributed by atoms with van der Waals surface area (Å²) in [5.41, 5.74) is 0.689. The molecule has 0 radical (unpaired) electrons. The molecule has 0 fully saturated rings. The highest BCUT2D eigenvalue weighted by Gasteiger charge is 2.10. The maximum atomic E-state index is 13.2. The minimum atomic E-state index is -0.972. The van der Waals surface area contributed by atoms with E-state index in [0.29, 0.717) is 16.9 Å². The molecule has 21 heavy (non-hydrogen) atoms. The lowest BCUT2D eigenvalue weighted by Gasteiger charge is -2.09. The van der Waals surface area contributed by atoms with E-state index in [2.05, 4.69) is 15.3 Å². The van der Waals surface area contributed by atoms with Crippen LogP contribution in [0.3, 0.4) is 0 Å². The molecule has 0 atom stereocenters. The summed E-state index contributed by atoms with van der Waals surface area (Å²) in [6, 6.07) is 10.6. The zero-order chi connectivity index (χ0) is 14.8. The van der Waals surface area contributed by atoms with Crippen molar-refractivity contribution in [3.8, 4) is 11.6 Å². The smallest absolute Gasteiger partial charge is 0.231 e. The Kier molecular flexibility index (Phi) is 3.35. The summed E-state index contributed by atoms with van der Waals surface area (Å²) in [6.07, 6.45) is 0. The average Bonchev–Trinajstić information content (AvgIpc) is 2.51. The van der Waals surface area contributed by atoms with Gasteiger partial charge in [0.2, 0.25) is 11.8 Å². The van der Waals surface area contributed by atoms with Crippen molar-refractivity contribution in [2.45, 2.75) is 0 Å². The van der Waals surface area contributed by atoms with Crippen LogP contribution in [0.4, 0.5) is 14.7 Å². The highest BCUT2D eigenvalue weighted by atomic mass is 19.2. The summed E-state index contributed by atoms with van der Waals surface area (Å²) in [5.74, 6) is -1.08. The van der Waals surface area contributed by atoms with E-state index in [9.17, 15) is 8.78 Å². The fraction of sp³-hybridized carbons (Fsp3) is 0.0667. The zero-order valence-corrected chi connectivity index (χ0v) is 11.1. The summed E-state index contributed by atoms with van der Waals surface area (Å²) in [5, 5.41) is 3.51. The first-order chi connectivity index (χ1) is 10.2. The highest BCUT2D eigenvalue weighted by molar-refractivity contribution is 5.84. The van der Waals surface area contributed by atoms with E-state index in [1.165, 1.54) is 6.07 Å². The van der Waals surface area contributed by atoms with Crippen LogP contribution in [0.15, 0.2) is 42.5 Å². The molecule has 3 aromatic rings. The lowest BCUT2D eigenvalue weighted by atomic mass is 10.2. The molecule has 3 rings (SSSR count). The minimum Gasteiger partial charge on any atom is -0.438 e. The van der Waals surface area contributed by atoms with E-state index in [0.717, 1.165) is 12.1 Å². The van der Waals surface area contributed by atoms with Crippen LogP contribution in [0.2, 0.25) is 0 Å². The largest absolute Gasteiger partial charge is 0.438 e. The van der Waals surface area contributed by atoms with Gasteiger partial charge in [0.05, 0.1) is 10.9 Å². The number of anilines is 1. The number of hydrogen-bond acceptors (Lipinski definition) is 4. The third kappa shape index (κ3) is 2.60. The molecule has 0 saturated heterocycles. The first-order valence-corrected chi connectivity index (χ1v) is 6.25. The number of benzene rings is 2. The van der Waals surface area contributed by atoms with Crippen LogP contribution < -0.4 is 10.1 Å². The Labute approximate surface area is 119 Å². The molecule has 106 valence electrons. The number of rotatable bonds is 3. The third-order valence-electron chi connectivity index (χ3n) is 2.90. The molecule has 2 aromatic carbocycles. The van der Waals surface area contributed by atoms with E-state index in [1.54, 1.807) is 13.1 Å². The van der Waals surface area contributed by atoms with Gasteiger partial charge in [0, 0.05) is 13.1 Å². The Morgan fingerprint density at radius 3 is 2.57 bits per heavy atom. The molecule has 1 aromatic heterocycles. The van der Waals surface area contributed by atoms with Crippen LogP contribution >= 0.6 is 0 Å². The number of hydrogen-bond donors (Lipinski definition) is 1. The second kappa shape index (κ2) is 5.32. The van der Waals surface area contributed by atoms with Crippen LogP contribution in [0.5, 0.6) is 11.6 Å². The SMILES string of the molecule is CNc1nc(Oc2ccc(F)c(F)c2)c2ccccc2n1. The van der Waals surface area contributed by atoms with Crippen LogP contribution in [-0.2, 0) is 0 Å². The van der Waals surface area contributed by atoms with Crippen LogP contribution in [0.1, 0.15) is 0 Å². The third-order valence-corrected chi connectivity index (χ3v) is 2.90. The molecule has 0 aliphatic heterocycles. The summed E-state index contributed by atoms with van der Waals surface area (Å²) < 4.78 is 31.8. The highest BCUT2D eigenvalue weighted by Crippen LogP contribution is 2.29. The molecule has 0 spiro atoms. The first-order valence-electron chi connectivity index (χ1n) is 6.25. The predicted molar refractivity (Wildman–Crippen MR) is 75.5 cm³/mol. The summed E-state index contributed by atoms with van der Waals surface area (Å²) in [6.45, 7) is 0. The predicted octanol–water partition coefficient (Wildman–Crippen LogP) is 3.74. The van der Waals surface area contributed by atoms with Crippen molar-refractivity contribution in [1.82, 2.24) is 9.97 Å². The second-order valence-corrected chi connectivity index (χ2v) is 4.30. The number of fused-ring (bicyclic) bond motifs is 1. The molecule has 1 N–H and O–H groups in total. The summed E-state index contributed by atoms with van der Waals surface area (Å²) in [4.78, 5) is 8.50. The van der Waals surface area contributed by atoms with Crippen LogP contribution in [0, 0.1) is 11.6 Å². The van der Waals surface area contributed by atoms with Gasteiger partial charge < -0.3 is 10.1 Å². The molecule has 0 saturated carbocycles. The van der Waals surface area contributed by atoms with Crippen molar-refractivity contribution in [1.29, 1.82) is 0 Å². The van der Waals surface area contributed by atoms with Gasteiger partial charge in [-0.2, -0.15) is 4.98 Å². The van der Waals surface area contributed by atoms with E-state index in [1.807, 2.05) is 18.2 Å². The monoisotopic (exact) mass is 287 g/mol. The van der Waals surface area contributed by atoms with Crippen molar-refractivity contribution in [2.24, 2.45) is 0 Å². The lowest BCUT2D eigenvalue weighted by Crippen LogP contribution is -1.99. The maximum Gasteiger partial charge on any atom is 0.231 e.